The van der Waals surface area contributed by atoms with Gasteiger partial charge < -0.3 is 14.8 Å². The monoisotopic (exact) mass is 442 g/mol. The Labute approximate surface area is 160 Å². The van der Waals surface area contributed by atoms with Crippen molar-refractivity contribution in [2.45, 2.75) is 17.9 Å². The van der Waals surface area contributed by atoms with Crippen molar-refractivity contribution in [1.29, 1.82) is 0 Å². The average Bonchev–Trinajstić information content (AvgIpc) is 2.61. The van der Waals surface area contributed by atoms with E-state index in [4.69, 9.17) is 9.47 Å². The van der Waals surface area contributed by atoms with E-state index in [-0.39, 0.29) is 4.90 Å². The lowest BCUT2D eigenvalue weighted by Gasteiger charge is -2.15. The van der Waals surface area contributed by atoms with Crippen LogP contribution in [0.5, 0.6) is 11.5 Å². The summed E-state index contributed by atoms with van der Waals surface area (Å²) >= 11 is 3.25. The fourth-order valence-corrected chi connectivity index (χ4v) is 3.60. The molecule has 9 heteroatoms. The van der Waals surface area contributed by atoms with Crippen molar-refractivity contribution in [2.24, 2.45) is 0 Å². The van der Waals surface area contributed by atoms with Crippen LogP contribution < -0.4 is 19.5 Å². The highest BCUT2D eigenvalue weighted by Gasteiger charge is 2.22. The summed E-state index contributed by atoms with van der Waals surface area (Å²) in [6, 6.07) is 10.0. The minimum atomic E-state index is -3.81. The Balaban J connectivity index is 2.09. The molecule has 0 radical (unpaired) electrons. The van der Waals surface area contributed by atoms with E-state index in [0.717, 1.165) is 4.47 Å². The molecule has 2 N–H and O–H groups in total. The van der Waals surface area contributed by atoms with Crippen LogP contribution in [0.25, 0.3) is 0 Å². The topological polar surface area (TPSA) is 93.7 Å². The highest BCUT2D eigenvalue weighted by atomic mass is 79.9. The molecule has 1 atom stereocenters. The van der Waals surface area contributed by atoms with Gasteiger partial charge in [0.1, 0.15) is 0 Å². The zero-order chi connectivity index (χ0) is 19.3. The van der Waals surface area contributed by atoms with Crippen LogP contribution >= 0.6 is 15.9 Å². The molecule has 140 valence electrons. The second-order valence-electron chi connectivity index (χ2n) is 5.36. The van der Waals surface area contributed by atoms with Gasteiger partial charge in [-0.05, 0) is 43.3 Å². The maximum absolute atomic E-state index is 12.4. The van der Waals surface area contributed by atoms with Gasteiger partial charge in [0.25, 0.3) is 0 Å². The lowest BCUT2D eigenvalue weighted by molar-refractivity contribution is -0.117. The Hall–Kier alpha value is -2.10. The summed E-state index contributed by atoms with van der Waals surface area (Å²) in [6.07, 6.45) is 0. The molecular formula is C17H19BrN2O5S. The third-order valence-corrected chi connectivity index (χ3v) is 5.59. The molecule has 0 fully saturated rings. The van der Waals surface area contributed by atoms with Crippen molar-refractivity contribution in [2.75, 3.05) is 19.5 Å². The highest BCUT2D eigenvalue weighted by Crippen LogP contribution is 2.29. The van der Waals surface area contributed by atoms with Crippen molar-refractivity contribution >= 4 is 37.5 Å². The van der Waals surface area contributed by atoms with Crippen LogP contribution in [-0.4, -0.2) is 34.6 Å². The minimum Gasteiger partial charge on any atom is -0.493 e. The number of amides is 1. The van der Waals surface area contributed by atoms with Gasteiger partial charge in [-0.3, -0.25) is 4.79 Å². The Kier molecular flexibility index (Phi) is 6.63. The van der Waals surface area contributed by atoms with Gasteiger partial charge in [-0.2, -0.15) is 4.72 Å². The molecule has 0 saturated heterocycles. The number of sulfonamides is 1. The van der Waals surface area contributed by atoms with Crippen LogP contribution in [0.2, 0.25) is 0 Å². The van der Waals surface area contributed by atoms with Crippen LogP contribution in [0.1, 0.15) is 6.92 Å². The Bertz CT molecular complexity index is 885. The van der Waals surface area contributed by atoms with Gasteiger partial charge in [-0.25, -0.2) is 8.42 Å². The van der Waals surface area contributed by atoms with E-state index in [1.165, 1.54) is 33.3 Å². The summed E-state index contributed by atoms with van der Waals surface area (Å²) in [4.78, 5) is 12.4. The van der Waals surface area contributed by atoms with E-state index in [2.05, 4.69) is 26.0 Å². The van der Waals surface area contributed by atoms with Gasteiger partial charge in [0.05, 0.1) is 25.2 Å². The number of carbonyl (C=O) groups excluding carboxylic acids is 1. The van der Waals surface area contributed by atoms with Crippen molar-refractivity contribution in [1.82, 2.24) is 4.72 Å². The Morgan fingerprint density at radius 1 is 1.04 bits per heavy atom. The molecule has 7 nitrogen and oxygen atoms in total. The number of halogens is 1. The molecule has 1 amide bonds. The maximum atomic E-state index is 12.4. The second kappa shape index (κ2) is 8.52. The van der Waals surface area contributed by atoms with Crippen LogP contribution in [0, 0.1) is 0 Å². The molecule has 0 aliphatic heterocycles. The number of hydrogen-bond donors (Lipinski definition) is 2. The van der Waals surface area contributed by atoms with Crippen molar-refractivity contribution < 1.29 is 22.7 Å². The second-order valence-corrected chi connectivity index (χ2v) is 7.99. The van der Waals surface area contributed by atoms with Gasteiger partial charge in [-0.15, -0.1) is 0 Å². The molecule has 0 saturated carbocycles. The molecule has 2 aromatic rings. The van der Waals surface area contributed by atoms with E-state index in [0.29, 0.717) is 17.2 Å². The first-order chi connectivity index (χ1) is 12.3. The number of ether oxygens (including phenoxy) is 2. The molecule has 0 aromatic heterocycles. The fraction of sp³-hybridized carbons (Fsp3) is 0.235. The van der Waals surface area contributed by atoms with Gasteiger partial charge in [0.15, 0.2) is 11.5 Å². The first-order valence-electron chi connectivity index (χ1n) is 7.57. The Morgan fingerprint density at radius 3 is 2.23 bits per heavy atom. The maximum Gasteiger partial charge on any atom is 0.242 e. The van der Waals surface area contributed by atoms with Gasteiger partial charge in [0, 0.05) is 16.2 Å². The predicted molar refractivity (Wildman–Crippen MR) is 102 cm³/mol. The normalized spacial score (nSPS) is 12.3. The lowest BCUT2D eigenvalue weighted by atomic mass is 10.2. The average molecular weight is 443 g/mol. The molecule has 0 unspecified atom stereocenters. The molecule has 2 rings (SSSR count). The van der Waals surface area contributed by atoms with E-state index in [9.17, 15) is 13.2 Å². The fourth-order valence-electron chi connectivity index (χ4n) is 2.13. The SMILES string of the molecule is COc1ccc(NC(=O)[C@H](C)NS(=O)(=O)c2ccc(Br)cc2)cc1OC. The van der Waals surface area contributed by atoms with Crippen LogP contribution in [0.4, 0.5) is 5.69 Å². The number of anilines is 1. The van der Waals surface area contributed by atoms with Crippen LogP contribution in [0.15, 0.2) is 51.8 Å². The van der Waals surface area contributed by atoms with Gasteiger partial charge >= 0.3 is 0 Å². The lowest BCUT2D eigenvalue weighted by Crippen LogP contribution is -2.41. The number of rotatable bonds is 7. The van der Waals surface area contributed by atoms with Crippen molar-refractivity contribution in [3.05, 3.63) is 46.9 Å². The molecule has 0 heterocycles. The molecule has 0 aliphatic rings. The van der Waals surface area contributed by atoms with E-state index in [1.54, 1.807) is 30.3 Å². The summed E-state index contributed by atoms with van der Waals surface area (Å²) in [7, 11) is -0.820. The molecular weight excluding hydrogens is 424 g/mol. The summed E-state index contributed by atoms with van der Waals surface area (Å²) < 4.78 is 38.1. The third kappa shape index (κ3) is 4.96. The number of carbonyl (C=O) groups is 1. The molecule has 0 bridgehead atoms. The standard InChI is InChI=1S/C17H19BrN2O5S/c1-11(20-26(22,23)14-7-4-12(18)5-8-14)17(21)19-13-6-9-15(24-2)16(10-13)25-3/h4-11,20H,1-3H3,(H,19,21)/t11-/m0/s1. The Morgan fingerprint density at radius 2 is 1.65 bits per heavy atom. The number of nitrogens with one attached hydrogen (secondary N) is 2. The molecule has 26 heavy (non-hydrogen) atoms. The number of hydrogen-bond acceptors (Lipinski definition) is 5. The summed E-state index contributed by atoms with van der Waals surface area (Å²) in [5.74, 6) is 0.473. The number of benzene rings is 2. The van der Waals surface area contributed by atoms with Gasteiger partial charge in [-0.1, -0.05) is 15.9 Å². The zero-order valence-electron chi connectivity index (χ0n) is 14.4. The molecule has 0 aliphatic carbocycles. The van der Waals surface area contributed by atoms with E-state index < -0.39 is 22.0 Å². The molecule has 0 spiro atoms. The predicted octanol–water partition coefficient (Wildman–Crippen LogP) is 2.77. The van der Waals surface area contributed by atoms with Crippen molar-refractivity contribution in [3.63, 3.8) is 0 Å². The van der Waals surface area contributed by atoms with Gasteiger partial charge in [0.2, 0.25) is 15.9 Å². The van der Waals surface area contributed by atoms with Crippen LogP contribution in [0.3, 0.4) is 0 Å². The summed E-state index contributed by atoms with van der Waals surface area (Å²) in [5, 5.41) is 2.64. The van der Waals surface area contributed by atoms with Crippen LogP contribution in [-0.2, 0) is 14.8 Å². The first-order valence-corrected chi connectivity index (χ1v) is 9.85. The summed E-state index contributed by atoms with van der Waals surface area (Å²) in [5.41, 5.74) is 0.460. The van der Waals surface area contributed by atoms with Crippen molar-refractivity contribution in [3.8, 4) is 11.5 Å². The smallest absolute Gasteiger partial charge is 0.242 e. The first kappa shape index (κ1) is 20.2. The minimum absolute atomic E-state index is 0.0754. The highest BCUT2D eigenvalue weighted by molar-refractivity contribution is 9.10. The van der Waals surface area contributed by atoms with E-state index >= 15 is 0 Å². The van der Waals surface area contributed by atoms with E-state index in [1.807, 2.05) is 0 Å². The quantitative estimate of drug-likeness (QED) is 0.687. The summed E-state index contributed by atoms with van der Waals surface area (Å²) in [6.45, 7) is 1.46. The zero-order valence-corrected chi connectivity index (χ0v) is 16.8. The molecule has 2 aromatic carbocycles. The number of methoxy groups -OCH3 is 2. The largest absolute Gasteiger partial charge is 0.493 e. The third-order valence-electron chi connectivity index (χ3n) is 3.50.